The van der Waals surface area contributed by atoms with Crippen molar-refractivity contribution in [3.63, 3.8) is 0 Å². The van der Waals surface area contributed by atoms with Crippen molar-refractivity contribution >= 4 is 11.6 Å². The number of aliphatic hydroxyl groups is 1. The molecule has 1 N–H and O–H groups in total. The third-order valence-electron chi connectivity index (χ3n) is 6.01. The normalized spacial score (nSPS) is 17.6. The minimum absolute atomic E-state index is 0.0622. The average Bonchev–Trinajstić information content (AvgIpc) is 2.66. The van der Waals surface area contributed by atoms with E-state index in [0.29, 0.717) is 36.0 Å². The molecule has 0 aromatic carbocycles. The van der Waals surface area contributed by atoms with Crippen LogP contribution < -0.4 is 0 Å². The van der Waals surface area contributed by atoms with Gasteiger partial charge in [0, 0.05) is 16.7 Å². The number of allylic oxidation sites excluding steroid dienone is 10. The lowest BCUT2D eigenvalue weighted by molar-refractivity contribution is -0.116. The molecule has 0 bridgehead atoms. The Kier molecular flexibility index (Phi) is 11.1. The molecule has 1 aliphatic carbocycles. The summed E-state index contributed by atoms with van der Waals surface area (Å²) in [6.45, 7) is 13.8. The van der Waals surface area contributed by atoms with E-state index in [-0.39, 0.29) is 11.6 Å². The number of ketones is 2. The molecule has 0 fully saturated rings. The standard InChI is InChI=1S/C28H42O3/c1-20(2)11-8-12-21(3)13-9-14-22(4)15-10-17-28(7,31)18-16-25-24(6)26(29)19-23(5)27(25)30/h11,13,15,19,31H,8-10,12,14,16-18H2,1-7H3/b21-13+,22-15+. The Labute approximate surface area is 189 Å². The number of carbonyl (C=O) groups is 2. The first kappa shape index (κ1) is 27.0. The van der Waals surface area contributed by atoms with Crippen LogP contribution in [0, 0.1) is 0 Å². The van der Waals surface area contributed by atoms with Crippen molar-refractivity contribution in [3.05, 3.63) is 57.7 Å². The van der Waals surface area contributed by atoms with E-state index < -0.39 is 5.60 Å². The summed E-state index contributed by atoms with van der Waals surface area (Å²) in [5, 5.41) is 10.8. The van der Waals surface area contributed by atoms with E-state index in [9.17, 15) is 14.7 Å². The van der Waals surface area contributed by atoms with Crippen LogP contribution in [0.2, 0.25) is 0 Å². The topological polar surface area (TPSA) is 54.4 Å². The van der Waals surface area contributed by atoms with Gasteiger partial charge >= 0.3 is 0 Å². The number of hydrogen-bond acceptors (Lipinski definition) is 3. The highest BCUT2D eigenvalue weighted by Gasteiger charge is 2.26. The van der Waals surface area contributed by atoms with Gasteiger partial charge in [0.05, 0.1) is 5.60 Å². The highest BCUT2D eigenvalue weighted by atomic mass is 16.3. The number of Topliss-reactive ketones (excluding diaryl/α,β-unsaturated/α-hetero) is 1. The van der Waals surface area contributed by atoms with Crippen LogP contribution in [-0.2, 0) is 9.59 Å². The largest absolute Gasteiger partial charge is 0.390 e. The Morgan fingerprint density at radius 3 is 2.03 bits per heavy atom. The zero-order valence-electron chi connectivity index (χ0n) is 20.7. The molecule has 0 aromatic rings. The molecule has 0 radical (unpaired) electrons. The van der Waals surface area contributed by atoms with Gasteiger partial charge in [-0.25, -0.2) is 0 Å². The fourth-order valence-electron chi connectivity index (χ4n) is 3.72. The smallest absolute Gasteiger partial charge is 0.185 e. The van der Waals surface area contributed by atoms with E-state index in [1.807, 2.05) is 6.92 Å². The van der Waals surface area contributed by atoms with Gasteiger partial charge in [-0.05, 0) is 106 Å². The minimum Gasteiger partial charge on any atom is -0.390 e. The molecular weight excluding hydrogens is 384 g/mol. The molecule has 0 heterocycles. The molecule has 1 unspecified atom stereocenters. The van der Waals surface area contributed by atoms with E-state index in [2.05, 4.69) is 45.9 Å². The van der Waals surface area contributed by atoms with Gasteiger partial charge in [0.15, 0.2) is 11.6 Å². The van der Waals surface area contributed by atoms with Crippen LogP contribution in [0.3, 0.4) is 0 Å². The summed E-state index contributed by atoms with van der Waals surface area (Å²) < 4.78 is 0. The van der Waals surface area contributed by atoms with E-state index in [1.54, 1.807) is 13.8 Å². The maximum Gasteiger partial charge on any atom is 0.185 e. The van der Waals surface area contributed by atoms with Gasteiger partial charge in [0.2, 0.25) is 0 Å². The first-order valence-corrected chi connectivity index (χ1v) is 11.6. The summed E-state index contributed by atoms with van der Waals surface area (Å²) in [5.41, 5.74) is 4.87. The van der Waals surface area contributed by atoms with Crippen LogP contribution in [0.1, 0.15) is 99.8 Å². The number of carbonyl (C=O) groups excluding carboxylic acids is 2. The fraction of sp³-hybridized carbons (Fsp3) is 0.571. The summed E-state index contributed by atoms with van der Waals surface area (Å²) in [5.74, 6) is -0.153. The predicted molar refractivity (Wildman–Crippen MR) is 131 cm³/mol. The first-order valence-electron chi connectivity index (χ1n) is 11.6. The Morgan fingerprint density at radius 2 is 1.45 bits per heavy atom. The second kappa shape index (κ2) is 12.8. The Balaban J connectivity index is 2.45. The lowest BCUT2D eigenvalue weighted by atomic mass is 9.84. The third kappa shape index (κ3) is 10.2. The summed E-state index contributed by atoms with van der Waals surface area (Å²) >= 11 is 0. The molecule has 1 rings (SSSR count). The van der Waals surface area contributed by atoms with Gasteiger partial charge in [-0.15, -0.1) is 0 Å². The zero-order valence-corrected chi connectivity index (χ0v) is 20.7. The maximum absolute atomic E-state index is 12.4. The van der Waals surface area contributed by atoms with Crippen molar-refractivity contribution in [1.29, 1.82) is 0 Å². The van der Waals surface area contributed by atoms with Gasteiger partial charge in [-0.2, -0.15) is 0 Å². The fourth-order valence-corrected chi connectivity index (χ4v) is 3.72. The van der Waals surface area contributed by atoms with Crippen LogP contribution in [-0.4, -0.2) is 22.3 Å². The summed E-state index contributed by atoms with van der Waals surface area (Å²) in [6.07, 6.45) is 14.9. The van der Waals surface area contributed by atoms with Gasteiger partial charge in [-0.3, -0.25) is 9.59 Å². The molecular formula is C28H42O3. The van der Waals surface area contributed by atoms with E-state index in [1.165, 1.54) is 22.8 Å². The molecule has 3 nitrogen and oxygen atoms in total. The van der Waals surface area contributed by atoms with E-state index in [0.717, 1.165) is 32.1 Å². The number of hydrogen-bond donors (Lipinski definition) is 1. The Morgan fingerprint density at radius 1 is 0.903 bits per heavy atom. The van der Waals surface area contributed by atoms with E-state index in [4.69, 9.17) is 0 Å². The highest BCUT2D eigenvalue weighted by Crippen LogP contribution is 2.28. The van der Waals surface area contributed by atoms with Crippen LogP contribution in [0.25, 0.3) is 0 Å². The average molecular weight is 427 g/mol. The van der Waals surface area contributed by atoms with Crippen molar-refractivity contribution in [2.45, 2.75) is 105 Å². The maximum atomic E-state index is 12.4. The van der Waals surface area contributed by atoms with Gasteiger partial charge in [-0.1, -0.05) is 34.9 Å². The quantitative estimate of drug-likeness (QED) is 0.267. The Hall–Kier alpha value is -2.00. The molecule has 0 aliphatic heterocycles. The molecule has 1 aliphatic rings. The van der Waals surface area contributed by atoms with Crippen LogP contribution in [0.15, 0.2) is 57.7 Å². The molecule has 0 amide bonds. The molecule has 1 atom stereocenters. The zero-order chi connectivity index (χ0) is 23.6. The number of rotatable bonds is 12. The monoisotopic (exact) mass is 426 g/mol. The van der Waals surface area contributed by atoms with Crippen molar-refractivity contribution in [2.24, 2.45) is 0 Å². The molecule has 31 heavy (non-hydrogen) atoms. The lowest BCUT2D eigenvalue weighted by Gasteiger charge is -2.24. The van der Waals surface area contributed by atoms with Crippen LogP contribution >= 0.6 is 0 Å². The lowest BCUT2D eigenvalue weighted by Crippen LogP contribution is -2.26. The van der Waals surface area contributed by atoms with Crippen LogP contribution in [0.4, 0.5) is 0 Å². The molecule has 0 saturated heterocycles. The minimum atomic E-state index is -0.857. The van der Waals surface area contributed by atoms with Gasteiger partial charge < -0.3 is 5.11 Å². The first-order chi connectivity index (χ1) is 14.4. The second-order valence-electron chi connectivity index (χ2n) is 9.62. The van der Waals surface area contributed by atoms with Crippen molar-refractivity contribution in [3.8, 4) is 0 Å². The van der Waals surface area contributed by atoms with Crippen molar-refractivity contribution in [1.82, 2.24) is 0 Å². The van der Waals surface area contributed by atoms with Gasteiger partial charge in [0.1, 0.15) is 0 Å². The van der Waals surface area contributed by atoms with Crippen molar-refractivity contribution < 1.29 is 14.7 Å². The molecule has 0 spiro atoms. The summed E-state index contributed by atoms with van der Waals surface area (Å²) in [6, 6.07) is 0. The van der Waals surface area contributed by atoms with E-state index >= 15 is 0 Å². The molecule has 3 heteroatoms. The highest BCUT2D eigenvalue weighted by molar-refractivity contribution is 6.22. The molecule has 0 saturated carbocycles. The molecule has 172 valence electrons. The third-order valence-corrected chi connectivity index (χ3v) is 6.01. The van der Waals surface area contributed by atoms with Crippen LogP contribution in [0.5, 0.6) is 0 Å². The summed E-state index contributed by atoms with van der Waals surface area (Å²) in [7, 11) is 0. The SMILES string of the molecule is CC(C)=CCC/C(C)=C/CC/C(C)=C/CCC(C)(O)CCC1=C(C)C(=O)C=C(C)C1=O. The second-order valence-corrected chi connectivity index (χ2v) is 9.62. The Bertz CT molecular complexity index is 809. The van der Waals surface area contributed by atoms with Gasteiger partial charge in [0.25, 0.3) is 0 Å². The van der Waals surface area contributed by atoms with Crippen molar-refractivity contribution in [2.75, 3.05) is 0 Å². The predicted octanol–water partition coefficient (Wildman–Crippen LogP) is 7.13. The molecule has 0 aromatic heterocycles. The summed E-state index contributed by atoms with van der Waals surface area (Å²) in [4.78, 5) is 24.3.